The molecule has 0 aliphatic rings. The summed E-state index contributed by atoms with van der Waals surface area (Å²) >= 11 is 0. The van der Waals surface area contributed by atoms with Gasteiger partial charge >= 0.3 is 0 Å². The van der Waals surface area contributed by atoms with E-state index in [0.29, 0.717) is 0 Å². The minimum absolute atomic E-state index is 0.769. The van der Waals surface area contributed by atoms with Crippen LogP contribution < -0.4 is 0 Å². The smallest absolute Gasteiger partial charge is 0.153 e. The lowest BCUT2D eigenvalue weighted by atomic mass is 10.0. The molecule has 0 fully saturated rings. The van der Waals surface area contributed by atoms with Gasteiger partial charge in [0.05, 0.1) is 11.4 Å². The van der Waals surface area contributed by atoms with Crippen molar-refractivity contribution in [1.82, 2.24) is 25.0 Å². The Hall–Kier alpha value is -3.21. The zero-order valence-electron chi connectivity index (χ0n) is 14.3. The summed E-state index contributed by atoms with van der Waals surface area (Å²) < 4.78 is 1.81. The van der Waals surface area contributed by atoms with E-state index >= 15 is 0 Å². The third-order valence-corrected chi connectivity index (χ3v) is 4.06. The molecule has 25 heavy (non-hydrogen) atoms. The van der Waals surface area contributed by atoms with E-state index in [1.807, 2.05) is 49.0 Å². The monoisotopic (exact) mass is 329 g/mol. The minimum atomic E-state index is 0.769. The Balaban J connectivity index is 1.60. The van der Waals surface area contributed by atoms with Gasteiger partial charge < -0.3 is 0 Å². The van der Waals surface area contributed by atoms with Crippen LogP contribution in [0.5, 0.6) is 0 Å². The Morgan fingerprint density at radius 2 is 1.88 bits per heavy atom. The van der Waals surface area contributed by atoms with Crippen molar-refractivity contribution in [3.05, 3.63) is 83.4 Å². The van der Waals surface area contributed by atoms with Crippen molar-refractivity contribution < 1.29 is 0 Å². The van der Waals surface area contributed by atoms with Gasteiger partial charge in [-0.25, -0.2) is 9.67 Å². The molecule has 0 aliphatic heterocycles. The van der Waals surface area contributed by atoms with Crippen molar-refractivity contribution in [2.75, 3.05) is 0 Å². The van der Waals surface area contributed by atoms with Gasteiger partial charge in [-0.05, 0) is 49.7 Å². The predicted molar refractivity (Wildman–Crippen MR) is 97.7 cm³/mol. The molecule has 0 bridgehead atoms. The average Bonchev–Trinajstić information content (AvgIpc) is 3.24. The first-order valence-electron chi connectivity index (χ1n) is 8.27. The molecule has 0 atom stereocenters. The predicted octanol–water partition coefficient (Wildman–Crippen LogP) is 3.87. The quantitative estimate of drug-likeness (QED) is 0.618. The van der Waals surface area contributed by atoms with Crippen LogP contribution in [0, 0.1) is 13.8 Å². The number of nitrogens with zero attached hydrogens (tertiary/aromatic N) is 4. The molecule has 3 aromatic heterocycles. The number of rotatable bonds is 4. The van der Waals surface area contributed by atoms with E-state index in [2.05, 4.69) is 45.6 Å². The van der Waals surface area contributed by atoms with Crippen molar-refractivity contribution in [3.8, 4) is 17.1 Å². The molecule has 0 saturated heterocycles. The Bertz CT molecular complexity index is 930. The van der Waals surface area contributed by atoms with Gasteiger partial charge in [0.25, 0.3) is 0 Å². The standard InChI is InChI=1S/C20H19N5/c1-14-9-10-25(24-14)20-8-4-7-18(21-20)13-16-5-3-6-17(12-16)19-11-15(2)22-23-19/h3-12H,13H2,1-2H3,(H,22,23). The highest BCUT2D eigenvalue weighted by atomic mass is 15.3. The number of hydrogen-bond acceptors (Lipinski definition) is 3. The molecule has 5 nitrogen and oxygen atoms in total. The van der Waals surface area contributed by atoms with E-state index < -0.39 is 0 Å². The number of benzene rings is 1. The zero-order valence-corrected chi connectivity index (χ0v) is 14.3. The summed E-state index contributed by atoms with van der Waals surface area (Å²) in [7, 11) is 0. The second-order valence-corrected chi connectivity index (χ2v) is 6.20. The molecule has 3 heterocycles. The summed E-state index contributed by atoms with van der Waals surface area (Å²) in [6.45, 7) is 3.98. The van der Waals surface area contributed by atoms with Crippen LogP contribution in [-0.4, -0.2) is 25.0 Å². The largest absolute Gasteiger partial charge is 0.282 e. The number of nitrogens with one attached hydrogen (secondary N) is 1. The third kappa shape index (κ3) is 3.35. The molecule has 0 amide bonds. The first-order chi connectivity index (χ1) is 12.2. The molecule has 124 valence electrons. The van der Waals surface area contributed by atoms with Crippen molar-refractivity contribution >= 4 is 0 Å². The van der Waals surface area contributed by atoms with Gasteiger partial charge in [0, 0.05) is 29.6 Å². The highest BCUT2D eigenvalue weighted by Crippen LogP contribution is 2.20. The maximum atomic E-state index is 4.74. The molecule has 0 spiro atoms. The molecule has 0 saturated carbocycles. The second-order valence-electron chi connectivity index (χ2n) is 6.20. The fourth-order valence-electron chi connectivity index (χ4n) is 2.85. The minimum Gasteiger partial charge on any atom is -0.282 e. The van der Waals surface area contributed by atoms with Crippen molar-refractivity contribution in [1.29, 1.82) is 0 Å². The zero-order chi connectivity index (χ0) is 17.2. The molecular formula is C20H19N5. The van der Waals surface area contributed by atoms with Crippen LogP contribution in [-0.2, 0) is 6.42 Å². The maximum absolute atomic E-state index is 4.74. The molecule has 1 N–H and O–H groups in total. The van der Waals surface area contributed by atoms with Crippen molar-refractivity contribution in [3.63, 3.8) is 0 Å². The molecule has 0 aliphatic carbocycles. The SMILES string of the molecule is Cc1ccn(-c2cccc(Cc3cccc(-c4cc(C)[nH]n4)c3)n2)n1. The molecule has 1 aromatic carbocycles. The molecular weight excluding hydrogens is 310 g/mol. The molecule has 0 radical (unpaired) electrons. The van der Waals surface area contributed by atoms with Gasteiger partial charge in [0.1, 0.15) is 0 Å². The van der Waals surface area contributed by atoms with Gasteiger partial charge in [0.2, 0.25) is 0 Å². The number of aromatic amines is 1. The van der Waals surface area contributed by atoms with E-state index in [9.17, 15) is 0 Å². The Kier molecular flexibility index (Phi) is 3.90. The molecule has 5 heteroatoms. The van der Waals surface area contributed by atoms with Crippen LogP contribution in [0.25, 0.3) is 17.1 Å². The first-order valence-corrected chi connectivity index (χ1v) is 8.27. The van der Waals surface area contributed by atoms with Crippen LogP contribution >= 0.6 is 0 Å². The Morgan fingerprint density at radius 1 is 1.00 bits per heavy atom. The normalized spacial score (nSPS) is 11.0. The number of hydrogen-bond donors (Lipinski definition) is 1. The number of aromatic nitrogens is 5. The Morgan fingerprint density at radius 3 is 2.64 bits per heavy atom. The fourth-order valence-corrected chi connectivity index (χ4v) is 2.85. The lowest BCUT2D eigenvalue weighted by Gasteiger charge is -2.06. The molecule has 4 aromatic rings. The molecule has 0 unspecified atom stereocenters. The summed E-state index contributed by atoms with van der Waals surface area (Å²) in [4.78, 5) is 4.74. The summed E-state index contributed by atoms with van der Waals surface area (Å²) in [6.07, 6.45) is 2.70. The van der Waals surface area contributed by atoms with E-state index in [4.69, 9.17) is 4.98 Å². The maximum Gasteiger partial charge on any atom is 0.153 e. The van der Waals surface area contributed by atoms with Gasteiger partial charge in [-0.1, -0.05) is 24.3 Å². The van der Waals surface area contributed by atoms with E-state index in [0.717, 1.165) is 40.6 Å². The van der Waals surface area contributed by atoms with Crippen LogP contribution in [0.4, 0.5) is 0 Å². The lowest BCUT2D eigenvalue weighted by Crippen LogP contribution is -2.01. The molecule has 4 rings (SSSR count). The number of pyridine rings is 1. The summed E-state index contributed by atoms with van der Waals surface area (Å²) in [5.41, 5.74) is 6.34. The fraction of sp³-hybridized carbons (Fsp3) is 0.150. The van der Waals surface area contributed by atoms with Gasteiger partial charge in [-0.2, -0.15) is 10.2 Å². The van der Waals surface area contributed by atoms with Crippen LogP contribution in [0.2, 0.25) is 0 Å². The topological polar surface area (TPSA) is 59.4 Å². The van der Waals surface area contributed by atoms with Gasteiger partial charge in [-0.3, -0.25) is 5.10 Å². The summed E-state index contributed by atoms with van der Waals surface area (Å²) in [6, 6.07) is 18.5. The first kappa shape index (κ1) is 15.3. The highest BCUT2D eigenvalue weighted by molar-refractivity contribution is 5.60. The lowest BCUT2D eigenvalue weighted by molar-refractivity contribution is 0.822. The van der Waals surface area contributed by atoms with Crippen molar-refractivity contribution in [2.45, 2.75) is 20.3 Å². The summed E-state index contributed by atoms with van der Waals surface area (Å²) in [5.74, 6) is 0.838. The van der Waals surface area contributed by atoms with E-state index in [1.165, 1.54) is 5.56 Å². The Labute approximate surface area is 146 Å². The second kappa shape index (κ2) is 6.36. The van der Waals surface area contributed by atoms with Crippen LogP contribution in [0.1, 0.15) is 22.6 Å². The number of H-pyrrole nitrogens is 1. The number of aryl methyl sites for hydroxylation is 2. The van der Waals surface area contributed by atoms with Crippen molar-refractivity contribution in [2.24, 2.45) is 0 Å². The summed E-state index contributed by atoms with van der Waals surface area (Å²) in [5, 5.41) is 11.8. The average molecular weight is 329 g/mol. The highest BCUT2D eigenvalue weighted by Gasteiger charge is 2.06. The van der Waals surface area contributed by atoms with E-state index in [1.54, 1.807) is 0 Å². The van der Waals surface area contributed by atoms with E-state index in [-0.39, 0.29) is 0 Å². The van der Waals surface area contributed by atoms with Crippen LogP contribution in [0.3, 0.4) is 0 Å². The third-order valence-electron chi connectivity index (χ3n) is 4.06. The van der Waals surface area contributed by atoms with Gasteiger partial charge in [-0.15, -0.1) is 0 Å². The van der Waals surface area contributed by atoms with Crippen LogP contribution in [0.15, 0.2) is 60.8 Å². The van der Waals surface area contributed by atoms with Gasteiger partial charge in [0.15, 0.2) is 5.82 Å².